The summed E-state index contributed by atoms with van der Waals surface area (Å²) in [6.45, 7) is 4.20. The molecule has 0 bridgehead atoms. The van der Waals surface area contributed by atoms with Crippen molar-refractivity contribution in [1.82, 2.24) is 0 Å². The Morgan fingerprint density at radius 1 is 0.500 bits per heavy atom. The number of unbranched alkanes of at least 4 members (excludes halogenated alkanes) is 2. The van der Waals surface area contributed by atoms with E-state index in [9.17, 15) is 26.3 Å². The van der Waals surface area contributed by atoms with Gasteiger partial charge < -0.3 is 0 Å². The molecule has 0 radical (unpaired) electrons. The Kier molecular flexibility index (Phi) is 12.2. The van der Waals surface area contributed by atoms with Gasteiger partial charge in [0.25, 0.3) is 0 Å². The van der Waals surface area contributed by atoms with Crippen molar-refractivity contribution >= 4 is 0 Å². The molecule has 2 aliphatic rings. The summed E-state index contributed by atoms with van der Waals surface area (Å²) in [6, 6.07) is 0. The van der Waals surface area contributed by atoms with E-state index in [1.807, 2.05) is 0 Å². The summed E-state index contributed by atoms with van der Waals surface area (Å²) in [5.41, 5.74) is 0. The van der Waals surface area contributed by atoms with Gasteiger partial charge in [-0.1, -0.05) is 78.1 Å². The molecule has 6 heteroatoms. The Morgan fingerprint density at radius 3 is 1.09 bits per heavy atom. The lowest BCUT2D eigenvalue weighted by atomic mass is 9.75. The first-order valence-electron chi connectivity index (χ1n) is 13.1. The predicted molar refractivity (Wildman–Crippen MR) is 119 cm³/mol. The van der Waals surface area contributed by atoms with E-state index in [0.29, 0.717) is 37.5 Å². The fraction of sp³-hybridized carbons (Fsp3) is 1.00. The van der Waals surface area contributed by atoms with Crippen molar-refractivity contribution in [3.05, 3.63) is 0 Å². The molecule has 0 aromatic heterocycles. The molecule has 0 heterocycles. The molecule has 0 aromatic rings. The number of rotatable bonds is 13. The van der Waals surface area contributed by atoms with Crippen molar-refractivity contribution in [2.45, 2.75) is 141 Å². The smallest absolute Gasteiger partial charge is 0.168 e. The van der Waals surface area contributed by atoms with E-state index in [1.165, 1.54) is 0 Å². The van der Waals surface area contributed by atoms with Gasteiger partial charge in [0.2, 0.25) is 0 Å². The van der Waals surface area contributed by atoms with Crippen LogP contribution in [0.15, 0.2) is 0 Å². The quantitative estimate of drug-likeness (QED) is 0.236. The maximum Gasteiger partial charge on any atom is 0.168 e. The lowest BCUT2D eigenvalue weighted by molar-refractivity contribution is -0.0474. The number of halogens is 6. The van der Waals surface area contributed by atoms with Gasteiger partial charge in [0.15, 0.2) is 24.7 Å². The third-order valence-corrected chi connectivity index (χ3v) is 8.14. The van der Waals surface area contributed by atoms with Crippen molar-refractivity contribution in [3.8, 4) is 0 Å². The Morgan fingerprint density at radius 2 is 0.812 bits per heavy atom. The zero-order chi connectivity index (χ0) is 23.7. The first-order valence-corrected chi connectivity index (χ1v) is 13.1. The Balaban J connectivity index is 1.80. The van der Waals surface area contributed by atoms with Crippen LogP contribution in [0.2, 0.25) is 0 Å². The van der Waals surface area contributed by atoms with Gasteiger partial charge in [-0.3, -0.25) is 0 Å². The van der Waals surface area contributed by atoms with Gasteiger partial charge in [-0.25, -0.2) is 26.3 Å². The summed E-state index contributed by atoms with van der Waals surface area (Å²) in [5.74, 6) is -0.394. The third-order valence-electron chi connectivity index (χ3n) is 8.14. The number of alkyl halides is 6. The van der Waals surface area contributed by atoms with E-state index in [4.69, 9.17) is 0 Å². The van der Waals surface area contributed by atoms with Crippen LogP contribution >= 0.6 is 0 Å². The lowest BCUT2D eigenvalue weighted by Gasteiger charge is -2.34. The van der Waals surface area contributed by atoms with Crippen molar-refractivity contribution in [1.29, 1.82) is 0 Å². The van der Waals surface area contributed by atoms with Crippen LogP contribution in [0, 0.1) is 23.7 Å². The Labute approximate surface area is 191 Å². The Bertz CT molecular complexity index is 443. The molecule has 2 saturated carbocycles. The molecular weight excluding hydrogens is 426 g/mol. The largest absolute Gasteiger partial charge is 0.244 e. The molecule has 0 nitrogen and oxygen atoms in total. The Hall–Kier alpha value is -0.420. The SMILES string of the molecule is CCCCC1CCC([C@@H](F)[C@H](F)[C@H](F)[C@@H](F)[C@@H](F)[C@H](F)C2CCC(CCCC)CC2)CC1. The van der Waals surface area contributed by atoms with E-state index in [0.717, 1.165) is 64.2 Å². The standard InChI is InChI=1S/C26H44F6/c1-3-5-7-17-9-13-19(14-10-17)21(27)23(29)25(31)26(32)24(30)22(28)20-15-11-18(12-16-20)8-6-4-2/h17-26H,3-16H2,1-2H3/t17?,18?,19?,20?,21-,22-,23+,24+,25+,26+/m1/s1. The zero-order valence-electron chi connectivity index (χ0n) is 19.9. The fourth-order valence-electron chi connectivity index (χ4n) is 5.80. The summed E-state index contributed by atoms with van der Waals surface area (Å²) in [7, 11) is 0. The summed E-state index contributed by atoms with van der Waals surface area (Å²) >= 11 is 0. The van der Waals surface area contributed by atoms with Crippen LogP contribution in [0.4, 0.5) is 26.3 Å². The van der Waals surface area contributed by atoms with E-state index >= 15 is 0 Å². The minimum Gasteiger partial charge on any atom is -0.244 e. The number of hydrogen-bond acceptors (Lipinski definition) is 0. The lowest BCUT2D eigenvalue weighted by Crippen LogP contribution is -2.46. The van der Waals surface area contributed by atoms with Crippen molar-refractivity contribution in [2.75, 3.05) is 0 Å². The highest BCUT2D eigenvalue weighted by Gasteiger charge is 2.47. The van der Waals surface area contributed by atoms with Crippen LogP contribution < -0.4 is 0 Å². The highest BCUT2D eigenvalue weighted by Crippen LogP contribution is 2.40. The minimum atomic E-state index is -2.98. The molecule has 6 atom stereocenters. The van der Waals surface area contributed by atoms with Gasteiger partial charge in [-0.2, -0.15) is 0 Å². The van der Waals surface area contributed by atoms with Gasteiger partial charge in [0, 0.05) is 0 Å². The fourth-order valence-corrected chi connectivity index (χ4v) is 5.80. The summed E-state index contributed by atoms with van der Waals surface area (Å²) in [4.78, 5) is 0. The molecule has 32 heavy (non-hydrogen) atoms. The number of hydrogen-bond donors (Lipinski definition) is 0. The van der Waals surface area contributed by atoms with Crippen molar-refractivity contribution in [3.63, 3.8) is 0 Å². The van der Waals surface area contributed by atoms with Gasteiger partial charge >= 0.3 is 0 Å². The first kappa shape index (κ1) is 27.8. The molecule has 2 aliphatic carbocycles. The van der Waals surface area contributed by atoms with E-state index in [1.54, 1.807) is 0 Å². The molecule has 2 fully saturated rings. The highest BCUT2D eigenvalue weighted by atomic mass is 19.2. The maximum absolute atomic E-state index is 14.6. The molecule has 0 aliphatic heterocycles. The molecule has 2 rings (SSSR count). The second kappa shape index (κ2) is 14.1. The van der Waals surface area contributed by atoms with Gasteiger partial charge in [-0.15, -0.1) is 0 Å². The minimum absolute atomic E-state index is 0.436. The van der Waals surface area contributed by atoms with Crippen LogP contribution in [0.3, 0.4) is 0 Å². The molecule has 0 unspecified atom stereocenters. The van der Waals surface area contributed by atoms with Crippen LogP contribution in [-0.4, -0.2) is 37.0 Å². The monoisotopic (exact) mass is 470 g/mol. The summed E-state index contributed by atoms with van der Waals surface area (Å²) in [6.07, 6.45) is -4.56. The first-order chi connectivity index (χ1) is 15.3. The van der Waals surface area contributed by atoms with E-state index < -0.39 is 48.9 Å². The highest BCUT2D eigenvalue weighted by molar-refractivity contribution is 4.94. The van der Waals surface area contributed by atoms with Crippen LogP contribution in [0.5, 0.6) is 0 Å². The molecule has 0 N–H and O–H groups in total. The normalized spacial score (nSPS) is 32.6. The van der Waals surface area contributed by atoms with Gasteiger partial charge in [0.05, 0.1) is 0 Å². The third kappa shape index (κ3) is 7.82. The second-order valence-corrected chi connectivity index (χ2v) is 10.5. The molecule has 0 spiro atoms. The summed E-state index contributed by atoms with van der Waals surface area (Å²) < 4.78 is 87.1. The van der Waals surface area contributed by atoms with Crippen molar-refractivity contribution in [2.24, 2.45) is 23.7 Å². The van der Waals surface area contributed by atoms with Crippen LogP contribution in [0.25, 0.3) is 0 Å². The van der Waals surface area contributed by atoms with Crippen LogP contribution in [-0.2, 0) is 0 Å². The van der Waals surface area contributed by atoms with Crippen LogP contribution in [0.1, 0.15) is 104 Å². The average Bonchev–Trinajstić information content (AvgIpc) is 2.84. The second-order valence-electron chi connectivity index (χ2n) is 10.5. The zero-order valence-corrected chi connectivity index (χ0v) is 19.9. The molecule has 0 aromatic carbocycles. The van der Waals surface area contributed by atoms with Gasteiger partial charge in [-0.05, 0) is 49.4 Å². The molecular formula is C26H44F6. The van der Waals surface area contributed by atoms with Crippen molar-refractivity contribution < 1.29 is 26.3 Å². The maximum atomic E-state index is 14.6. The average molecular weight is 471 g/mol. The summed E-state index contributed by atoms with van der Waals surface area (Å²) in [5, 5.41) is 0. The molecule has 190 valence electrons. The van der Waals surface area contributed by atoms with Gasteiger partial charge in [0.1, 0.15) is 12.3 Å². The topological polar surface area (TPSA) is 0 Å². The van der Waals surface area contributed by atoms with E-state index in [2.05, 4.69) is 13.8 Å². The molecule has 0 saturated heterocycles. The van der Waals surface area contributed by atoms with E-state index in [-0.39, 0.29) is 0 Å². The molecule has 0 amide bonds. The predicted octanol–water partition coefficient (Wildman–Crippen LogP) is 9.01.